The van der Waals surface area contributed by atoms with Crippen molar-refractivity contribution in [2.24, 2.45) is 0 Å². The van der Waals surface area contributed by atoms with E-state index in [1.54, 1.807) is 9.80 Å². The number of carbonyl (C=O) groups excluding carboxylic acids is 2. The molecule has 26 heavy (non-hydrogen) atoms. The number of benzene rings is 2. The summed E-state index contributed by atoms with van der Waals surface area (Å²) in [4.78, 5) is 28.9. The zero-order valence-corrected chi connectivity index (χ0v) is 15.6. The Morgan fingerprint density at radius 2 is 1.12 bits per heavy atom. The van der Waals surface area contributed by atoms with Gasteiger partial charge < -0.3 is 10.6 Å². The fraction of sp³-hybridized carbons (Fsp3) is 0.222. The maximum Gasteiger partial charge on any atom is 0.325 e. The lowest BCUT2D eigenvalue weighted by atomic mass is 9.82. The standard InChI is InChI=1S/C18H18N4O2S2/c23-15-19-17(13-7-3-1-4-8-13)18(20-15,14-9-5-2-6-10-14)22(12-26)16(24)21(17)11-25/h1-10,25-26H,11-12H2,(H2,19,20,23). The maximum absolute atomic E-state index is 13.2. The molecule has 0 aliphatic carbocycles. The first-order valence-electron chi connectivity index (χ1n) is 8.14. The molecule has 2 N–H and O–H groups in total. The first-order valence-corrected chi connectivity index (χ1v) is 9.40. The van der Waals surface area contributed by atoms with Crippen molar-refractivity contribution in [1.29, 1.82) is 0 Å². The fourth-order valence-corrected chi connectivity index (χ4v) is 4.73. The van der Waals surface area contributed by atoms with Gasteiger partial charge in [-0.2, -0.15) is 25.3 Å². The zero-order valence-electron chi connectivity index (χ0n) is 13.8. The van der Waals surface area contributed by atoms with Crippen molar-refractivity contribution in [3.05, 3.63) is 71.8 Å². The molecule has 2 atom stereocenters. The van der Waals surface area contributed by atoms with E-state index < -0.39 is 11.3 Å². The molecule has 4 rings (SSSR count). The van der Waals surface area contributed by atoms with Gasteiger partial charge in [-0.05, 0) is 0 Å². The van der Waals surface area contributed by atoms with E-state index in [0.717, 1.165) is 11.1 Å². The third-order valence-electron chi connectivity index (χ3n) is 5.05. The van der Waals surface area contributed by atoms with Crippen LogP contribution in [0.25, 0.3) is 0 Å². The molecule has 0 aromatic heterocycles. The summed E-state index contributed by atoms with van der Waals surface area (Å²) in [6, 6.07) is 18.3. The molecule has 134 valence electrons. The highest BCUT2D eigenvalue weighted by Crippen LogP contribution is 2.53. The van der Waals surface area contributed by atoms with Crippen LogP contribution >= 0.6 is 25.3 Å². The normalized spacial score (nSPS) is 27.3. The van der Waals surface area contributed by atoms with Crippen molar-refractivity contribution in [2.75, 3.05) is 11.8 Å². The molecule has 2 aliphatic rings. The van der Waals surface area contributed by atoms with Crippen molar-refractivity contribution in [2.45, 2.75) is 11.3 Å². The number of hydrogen-bond donors (Lipinski definition) is 4. The number of carbonyl (C=O) groups is 2. The van der Waals surface area contributed by atoms with E-state index in [2.05, 4.69) is 35.9 Å². The Morgan fingerprint density at radius 3 is 1.46 bits per heavy atom. The summed E-state index contributed by atoms with van der Waals surface area (Å²) < 4.78 is 0. The van der Waals surface area contributed by atoms with Crippen LogP contribution in [0.1, 0.15) is 11.1 Å². The number of thiol groups is 2. The number of nitrogens with one attached hydrogen (secondary N) is 2. The molecule has 2 fully saturated rings. The molecule has 6 nitrogen and oxygen atoms in total. The van der Waals surface area contributed by atoms with Crippen LogP contribution in [0, 0.1) is 0 Å². The molecular formula is C18H18N4O2S2. The molecule has 2 aromatic carbocycles. The number of fused-ring (bicyclic) bond motifs is 1. The molecular weight excluding hydrogens is 368 g/mol. The van der Waals surface area contributed by atoms with Crippen LogP contribution in [0.2, 0.25) is 0 Å². The number of urea groups is 2. The summed E-state index contributed by atoms with van der Waals surface area (Å²) in [5.74, 6) is 0.267. The average Bonchev–Trinajstić information content (AvgIpc) is 3.08. The molecule has 2 aromatic rings. The van der Waals surface area contributed by atoms with Gasteiger partial charge in [-0.3, -0.25) is 9.80 Å². The van der Waals surface area contributed by atoms with Gasteiger partial charge in [0.25, 0.3) is 0 Å². The van der Waals surface area contributed by atoms with Crippen LogP contribution in [0.15, 0.2) is 60.7 Å². The molecule has 2 unspecified atom stereocenters. The summed E-state index contributed by atoms with van der Waals surface area (Å²) in [5.41, 5.74) is -0.717. The summed E-state index contributed by atoms with van der Waals surface area (Å²) >= 11 is 8.79. The maximum atomic E-state index is 13.2. The van der Waals surface area contributed by atoms with Gasteiger partial charge in [-0.1, -0.05) is 60.7 Å². The highest BCUT2D eigenvalue weighted by atomic mass is 32.1. The Hall–Kier alpha value is -2.32. The second kappa shape index (κ2) is 6.14. The number of nitrogens with zero attached hydrogens (tertiary/aromatic N) is 2. The highest BCUT2D eigenvalue weighted by Gasteiger charge is 2.73. The molecule has 4 amide bonds. The van der Waals surface area contributed by atoms with E-state index in [0.29, 0.717) is 0 Å². The van der Waals surface area contributed by atoms with E-state index in [-0.39, 0.29) is 23.8 Å². The summed E-state index contributed by atoms with van der Waals surface area (Å²) in [5, 5.41) is 6.02. The Morgan fingerprint density at radius 1 is 0.731 bits per heavy atom. The van der Waals surface area contributed by atoms with Crippen molar-refractivity contribution in [3.63, 3.8) is 0 Å². The van der Waals surface area contributed by atoms with Crippen LogP contribution in [0.4, 0.5) is 9.59 Å². The van der Waals surface area contributed by atoms with Crippen LogP contribution in [0.5, 0.6) is 0 Å². The third-order valence-corrected chi connectivity index (χ3v) is 5.62. The Bertz CT molecular complexity index is 783. The number of amides is 4. The van der Waals surface area contributed by atoms with E-state index in [9.17, 15) is 9.59 Å². The Balaban J connectivity index is 2.08. The zero-order chi connectivity index (χ0) is 18.4. The molecule has 2 aliphatic heterocycles. The first kappa shape index (κ1) is 17.1. The molecule has 0 saturated carbocycles. The van der Waals surface area contributed by atoms with Crippen molar-refractivity contribution in [3.8, 4) is 0 Å². The van der Waals surface area contributed by atoms with Crippen LogP contribution in [-0.2, 0) is 11.3 Å². The lowest BCUT2D eigenvalue weighted by molar-refractivity contribution is 0.0565. The van der Waals surface area contributed by atoms with Gasteiger partial charge in [0.15, 0.2) is 11.3 Å². The van der Waals surface area contributed by atoms with Crippen molar-refractivity contribution >= 4 is 37.3 Å². The van der Waals surface area contributed by atoms with E-state index in [4.69, 9.17) is 0 Å². The summed E-state index contributed by atoms with van der Waals surface area (Å²) in [6.07, 6.45) is 0. The Labute approximate surface area is 162 Å². The number of hydrogen-bond acceptors (Lipinski definition) is 4. The minimum absolute atomic E-state index is 0.133. The van der Waals surface area contributed by atoms with Gasteiger partial charge in [0.05, 0.1) is 11.8 Å². The van der Waals surface area contributed by atoms with Crippen LogP contribution in [-0.4, -0.2) is 33.6 Å². The van der Waals surface area contributed by atoms with Crippen molar-refractivity contribution < 1.29 is 9.59 Å². The van der Waals surface area contributed by atoms with E-state index >= 15 is 0 Å². The van der Waals surface area contributed by atoms with Crippen LogP contribution < -0.4 is 10.6 Å². The van der Waals surface area contributed by atoms with Crippen LogP contribution in [0.3, 0.4) is 0 Å². The second-order valence-corrected chi connectivity index (χ2v) is 6.72. The Kier molecular flexibility index (Phi) is 4.04. The molecule has 0 bridgehead atoms. The summed E-state index contributed by atoms with van der Waals surface area (Å²) in [7, 11) is 0. The largest absolute Gasteiger partial charge is 0.325 e. The lowest BCUT2D eigenvalue weighted by Crippen LogP contribution is -2.62. The molecule has 0 radical (unpaired) electrons. The number of rotatable bonds is 4. The predicted molar refractivity (Wildman–Crippen MR) is 105 cm³/mol. The van der Waals surface area contributed by atoms with Gasteiger partial charge in [0.1, 0.15) is 0 Å². The second-order valence-electron chi connectivity index (χ2n) is 6.15. The third kappa shape index (κ3) is 1.97. The van der Waals surface area contributed by atoms with E-state index in [1.807, 2.05) is 60.7 Å². The molecule has 8 heteroatoms. The summed E-state index contributed by atoms with van der Waals surface area (Å²) in [6.45, 7) is 0. The van der Waals surface area contributed by atoms with Gasteiger partial charge in [0, 0.05) is 11.1 Å². The lowest BCUT2D eigenvalue weighted by Gasteiger charge is -2.44. The van der Waals surface area contributed by atoms with Gasteiger partial charge in [-0.15, -0.1) is 0 Å². The first-order chi connectivity index (χ1) is 12.6. The minimum atomic E-state index is -1.14. The average molecular weight is 387 g/mol. The fourth-order valence-electron chi connectivity index (χ4n) is 4.06. The topological polar surface area (TPSA) is 64.7 Å². The van der Waals surface area contributed by atoms with Crippen molar-refractivity contribution in [1.82, 2.24) is 20.4 Å². The highest BCUT2D eigenvalue weighted by molar-refractivity contribution is 7.80. The van der Waals surface area contributed by atoms with Gasteiger partial charge in [-0.25, -0.2) is 9.59 Å². The SMILES string of the molecule is O=C1NC2(c3ccccc3)N(CS)C(=O)N(CS)C2(c2ccccc2)N1. The smallest absolute Gasteiger partial charge is 0.307 e. The molecule has 0 spiro atoms. The minimum Gasteiger partial charge on any atom is -0.307 e. The monoisotopic (exact) mass is 386 g/mol. The predicted octanol–water partition coefficient (Wildman–Crippen LogP) is 2.52. The molecule has 2 heterocycles. The quantitative estimate of drug-likeness (QED) is 0.610. The van der Waals surface area contributed by atoms with Gasteiger partial charge >= 0.3 is 12.1 Å². The van der Waals surface area contributed by atoms with Gasteiger partial charge in [0.2, 0.25) is 0 Å². The molecule has 2 saturated heterocycles. The van der Waals surface area contributed by atoms with E-state index in [1.165, 1.54) is 0 Å².